The SMILES string of the molecule is CC(C)=CC(O)c1c(C)cccc1C. The van der Waals surface area contributed by atoms with Crippen molar-refractivity contribution < 1.29 is 5.11 Å². The van der Waals surface area contributed by atoms with Gasteiger partial charge in [-0.15, -0.1) is 0 Å². The van der Waals surface area contributed by atoms with Gasteiger partial charge in [0, 0.05) is 0 Å². The Bertz CT molecular complexity index is 326. The Hall–Kier alpha value is -1.08. The average Bonchev–Trinajstić information content (AvgIpc) is 2.01. The Balaban J connectivity index is 3.12. The van der Waals surface area contributed by atoms with Crippen LogP contribution in [0.2, 0.25) is 0 Å². The summed E-state index contributed by atoms with van der Waals surface area (Å²) in [6.45, 7) is 8.06. The highest BCUT2D eigenvalue weighted by Crippen LogP contribution is 2.23. The molecule has 1 N–H and O–H groups in total. The molecule has 0 fully saturated rings. The van der Waals surface area contributed by atoms with Gasteiger partial charge in [0.15, 0.2) is 0 Å². The summed E-state index contributed by atoms with van der Waals surface area (Å²) in [5, 5.41) is 9.98. The van der Waals surface area contributed by atoms with Crippen LogP contribution in [0.25, 0.3) is 0 Å². The summed E-state index contributed by atoms with van der Waals surface area (Å²) in [6.07, 6.45) is 1.41. The topological polar surface area (TPSA) is 20.2 Å². The molecule has 14 heavy (non-hydrogen) atoms. The molecule has 1 atom stereocenters. The Morgan fingerprint density at radius 3 is 2.14 bits per heavy atom. The summed E-state index contributed by atoms with van der Waals surface area (Å²) in [4.78, 5) is 0. The van der Waals surface area contributed by atoms with Crippen LogP contribution in [0.3, 0.4) is 0 Å². The molecular weight excluding hydrogens is 172 g/mol. The number of hydrogen-bond donors (Lipinski definition) is 1. The maximum absolute atomic E-state index is 9.98. The largest absolute Gasteiger partial charge is 0.384 e. The summed E-state index contributed by atoms with van der Waals surface area (Å²) >= 11 is 0. The monoisotopic (exact) mass is 190 g/mol. The molecule has 0 aromatic heterocycles. The van der Waals surface area contributed by atoms with Crippen LogP contribution in [-0.4, -0.2) is 5.11 Å². The molecule has 0 heterocycles. The molecular formula is C13H18O. The second-order valence-electron chi connectivity index (χ2n) is 3.99. The Morgan fingerprint density at radius 2 is 1.71 bits per heavy atom. The van der Waals surface area contributed by atoms with E-state index in [0.29, 0.717) is 0 Å². The van der Waals surface area contributed by atoms with Gasteiger partial charge in [0.05, 0.1) is 6.10 Å². The average molecular weight is 190 g/mol. The predicted octanol–water partition coefficient (Wildman–Crippen LogP) is 3.30. The zero-order valence-electron chi connectivity index (χ0n) is 9.33. The van der Waals surface area contributed by atoms with Gasteiger partial charge in [0.1, 0.15) is 0 Å². The molecule has 1 heteroatoms. The molecule has 0 spiro atoms. The van der Waals surface area contributed by atoms with Gasteiger partial charge in [-0.25, -0.2) is 0 Å². The molecule has 0 bridgehead atoms. The molecule has 1 aromatic carbocycles. The van der Waals surface area contributed by atoms with Gasteiger partial charge in [-0.1, -0.05) is 29.8 Å². The van der Waals surface area contributed by atoms with Crippen molar-refractivity contribution in [2.45, 2.75) is 33.8 Å². The van der Waals surface area contributed by atoms with Crippen molar-refractivity contribution in [1.82, 2.24) is 0 Å². The molecule has 1 nitrogen and oxygen atoms in total. The first-order chi connectivity index (χ1) is 6.52. The van der Waals surface area contributed by atoms with E-state index in [1.54, 1.807) is 0 Å². The van der Waals surface area contributed by atoms with E-state index in [-0.39, 0.29) is 0 Å². The first-order valence-electron chi connectivity index (χ1n) is 4.91. The van der Waals surface area contributed by atoms with Crippen LogP contribution >= 0.6 is 0 Å². The molecule has 0 amide bonds. The summed E-state index contributed by atoms with van der Waals surface area (Å²) in [5.41, 5.74) is 4.47. The van der Waals surface area contributed by atoms with Crippen LogP contribution in [0.5, 0.6) is 0 Å². The van der Waals surface area contributed by atoms with E-state index >= 15 is 0 Å². The second kappa shape index (κ2) is 4.43. The highest BCUT2D eigenvalue weighted by Gasteiger charge is 2.09. The minimum Gasteiger partial charge on any atom is -0.384 e. The van der Waals surface area contributed by atoms with E-state index in [2.05, 4.69) is 0 Å². The summed E-state index contributed by atoms with van der Waals surface area (Å²) in [7, 11) is 0. The quantitative estimate of drug-likeness (QED) is 0.709. The smallest absolute Gasteiger partial charge is 0.0979 e. The van der Waals surface area contributed by atoms with E-state index < -0.39 is 6.10 Å². The Kier molecular flexibility index (Phi) is 3.48. The fourth-order valence-corrected chi connectivity index (χ4v) is 1.69. The van der Waals surface area contributed by atoms with E-state index in [4.69, 9.17) is 0 Å². The van der Waals surface area contributed by atoms with Crippen LogP contribution in [0.1, 0.15) is 36.6 Å². The van der Waals surface area contributed by atoms with E-state index in [9.17, 15) is 5.11 Å². The van der Waals surface area contributed by atoms with E-state index in [1.165, 1.54) is 0 Å². The van der Waals surface area contributed by atoms with Crippen molar-refractivity contribution in [2.24, 2.45) is 0 Å². The summed E-state index contributed by atoms with van der Waals surface area (Å²) in [5.74, 6) is 0. The fraction of sp³-hybridized carbons (Fsp3) is 0.385. The number of allylic oxidation sites excluding steroid dienone is 1. The predicted molar refractivity (Wildman–Crippen MR) is 60.3 cm³/mol. The number of aryl methyl sites for hydroxylation is 2. The number of hydrogen-bond acceptors (Lipinski definition) is 1. The molecule has 1 rings (SSSR count). The minimum absolute atomic E-state index is 0.471. The van der Waals surface area contributed by atoms with Gasteiger partial charge in [-0.05, 0) is 44.4 Å². The molecule has 0 radical (unpaired) electrons. The fourth-order valence-electron chi connectivity index (χ4n) is 1.69. The molecule has 1 aromatic rings. The van der Waals surface area contributed by atoms with Gasteiger partial charge in [0.2, 0.25) is 0 Å². The Labute approximate surface area is 86.1 Å². The van der Waals surface area contributed by atoms with Crippen LogP contribution in [0.15, 0.2) is 29.8 Å². The van der Waals surface area contributed by atoms with Gasteiger partial charge in [0.25, 0.3) is 0 Å². The van der Waals surface area contributed by atoms with Crippen molar-refractivity contribution in [1.29, 1.82) is 0 Å². The maximum atomic E-state index is 9.98. The molecule has 0 aliphatic carbocycles. The van der Waals surface area contributed by atoms with Gasteiger partial charge in [-0.2, -0.15) is 0 Å². The number of aliphatic hydroxyl groups is 1. The lowest BCUT2D eigenvalue weighted by molar-refractivity contribution is 0.226. The van der Waals surface area contributed by atoms with Crippen LogP contribution in [0, 0.1) is 13.8 Å². The highest BCUT2D eigenvalue weighted by atomic mass is 16.3. The zero-order valence-corrected chi connectivity index (χ0v) is 9.33. The highest BCUT2D eigenvalue weighted by molar-refractivity contribution is 5.37. The van der Waals surface area contributed by atoms with Crippen molar-refractivity contribution in [3.05, 3.63) is 46.5 Å². The molecule has 0 saturated carbocycles. The number of rotatable bonds is 2. The van der Waals surface area contributed by atoms with Gasteiger partial charge >= 0.3 is 0 Å². The zero-order chi connectivity index (χ0) is 10.7. The number of benzene rings is 1. The maximum Gasteiger partial charge on any atom is 0.0979 e. The third-order valence-electron chi connectivity index (χ3n) is 2.33. The molecule has 0 aliphatic heterocycles. The first-order valence-corrected chi connectivity index (χ1v) is 4.91. The summed E-state index contributed by atoms with van der Waals surface area (Å²) < 4.78 is 0. The van der Waals surface area contributed by atoms with E-state index in [0.717, 1.165) is 22.3 Å². The van der Waals surface area contributed by atoms with Crippen molar-refractivity contribution in [2.75, 3.05) is 0 Å². The van der Waals surface area contributed by atoms with Crippen molar-refractivity contribution in [3.8, 4) is 0 Å². The van der Waals surface area contributed by atoms with Crippen molar-refractivity contribution >= 4 is 0 Å². The lowest BCUT2D eigenvalue weighted by Gasteiger charge is -2.13. The van der Waals surface area contributed by atoms with Crippen LogP contribution in [0.4, 0.5) is 0 Å². The third-order valence-corrected chi connectivity index (χ3v) is 2.33. The van der Waals surface area contributed by atoms with Crippen LogP contribution in [-0.2, 0) is 0 Å². The minimum atomic E-state index is -0.471. The molecule has 0 saturated heterocycles. The first kappa shape index (κ1) is 11.0. The van der Waals surface area contributed by atoms with Gasteiger partial charge in [-0.3, -0.25) is 0 Å². The standard InChI is InChI=1S/C13H18O/c1-9(2)8-12(14)13-10(3)6-5-7-11(13)4/h5-8,12,14H,1-4H3. The lowest BCUT2D eigenvalue weighted by Crippen LogP contribution is -2.00. The number of aliphatic hydroxyl groups excluding tert-OH is 1. The van der Waals surface area contributed by atoms with Crippen LogP contribution < -0.4 is 0 Å². The lowest BCUT2D eigenvalue weighted by atomic mass is 9.97. The Morgan fingerprint density at radius 1 is 1.21 bits per heavy atom. The third kappa shape index (κ3) is 2.46. The second-order valence-corrected chi connectivity index (χ2v) is 3.99. The van der Waals surface area contributed by atoms with Gasteiger partial charge < -0.3 is 5.11 Å². The van der Waals surface area contributed by atoms with Crippen molar-refractivity contribution in [3.63, 3.8) is 0 Å². The molecule has 1 unspecified atom stereocenters. The summed E-state index contributed by atoms with van der Waals surface area (Å²) in [6, 6.07) is 6.08. The van der Waals surface area contributed by atoms with E-state index in [1.807, 2.05) is 52.0 Å². The normalized spacial score (nSPS) is 12.4. The molecule has 0 aliphatic rings. The molecule has 76 valence electrons.